The topological polar surface area (TPSA) is 46.5 Å². The molecule has 0 saturated carbocycles. The lowest BCUT2D eigenvalue weighted by molar-refractivity contribution is -0.178. The predicted octanol–water partition coefficient (Wildman–Crippen LogP) is 1.98. The molecule has 0 aromatic heterocycles. The second-order valence-electron chi connectivity index (χ2n) is 4.86. The molecule has 0 amide bonds. The van der Waals surface area contributed by atoms with Gasteiger partial charge in [-0.05, 0) is 19.3 Å². The van der Waals surface area contributed by atoms with Gasteiger partial charge in [0, 0.05) is 5.92 Å². The molecule has 88 valence electrons. The van der Waals surface area contributed by atoms with E-state index in [0.29, 0.717) is 5.92 Å². The van der Waals surface area contributed by atoms with Crippen molar-refractivity contribution in [2.45, 2.75) is 52.7 Å². The lowest BCUT2D eigenvalue weighted by Gasteiger charge is -2.37. The minimum atomic E-state index is -0.555. The first kappa shape index (κ1) is 12.5. The lowest BCUT2D eigenvalue weighted by Crippen LogP contribution is -2.47. The van der Waals surface area contributed by atoms with Gasteiger partial charge in [0.15, 0.2) is 0 Å². The van der Waals surface area contributed by atoms with Crippen LogP contribution in [0.15, 0.2) is 0 Å². The highest BCUT2D eigenvalue weighted by Crippen LogP contribution is 2.30. The summed E-state index contributed by atoms with van der Waals surface area (Å²) in [6.45, 7) is 7.95. The predicted molar refractivity (Wildman–Crippen MR) is 58.3 cm³/mol. The maximum Gasteiger partial charge on any atom is 0.311 e. The van der Waals surface area contributed by atoms with Gasteiger partial charge in [0.05, 0.1) is 12.0 Å². The first-order valence-corrected chi connectivity index (χ1v) is 5.85. The molecule has 3 nitrogen and oxygen atoms in total. The van der Waals surface area contributed by atoms with Crippen molar-refractivity contribution in [3.8, 4) is 0 Å². The minimum Gasteiger partial charge on any atom is -0.462 e. The molecule has 1 unspecified atom stereocenters. The number of rotatable bonds is 3. The highest BCUT2D eigenvalue weighted by atomic mass is 16.5. The Bertz CT molecular complexity index is 227. The molecule has 0 spiro atoms. The van der Waals surface area contributed by atoms with E-state index in [2.05, 4.69) is 13.8 Å². The Morgan fingerprint density at radius 3 is 2.60 bits per heavy atom. The van der Waals surface area contributed by atoms with Crippen molar-refractivity contribution in [3.63, 3.8) is 0 Å². The second kappa shape index (κ2) is 4.97. The molecule has 1 saturated heterocycles. The van der Waals surface area contributed by atoms with Gasteiger partial charge >= 0.3 is 5.97 Å². The summed E-state index contributed by atoms with van der Waals surface area (Å²) in [5.41, 5.74) is 0. The van der Waals surface area contributed by atoms with Gasteiger partial charge in [0.25, 0.3) is 0 Å². The van der Waals surface area contributed by atoms with Crippen LogP contribution in [0.4, 0.5) is 0 Å². The summed E-state index contributed by atoms with van der Waals surface area (Å²) in [5, 5.41) is 9.87. The van der Waals surface area contributed by atoms with Crippen LogP contribution in [0.3, 0.4) is 0 Å². The van der Waals surface area contributed by atoms with Crippen molar-refractivity contribution >= 4 is 5.97 Å². The van der Waals surface area contributed by atoms with Crippen LogP contribution in [0, 0.1) is 17.8 Å². The maximum atomic E-state index is 11.4. The average molecular weight is 214 g/mol. The molecule has 0 aliphatic carbocycles. The standard InChI is InChI=1S/C12H22O3/c1-5-7(2)6-10-8(3)11(13)9(4)12(14)15-10/h7-11,13H,5-6H2,1-4H3/t7?,8-,9-,10+,11-/m0/s1. The zero-order chi connectivity index (χ0) is 11.6. The van der Waals surface area contributed by atoms with Crippen LogP contribution in [0.2, 0.25) is 0 Å². The maximum absolute atomic E-state index is 11.4. The van der Waals surface area contributed by atoms with E-state index in [0.717, 1.165) is 12.8 Å². The third-order valence-corrected chi connectivity index (χ3v) is 3.61. The van der Waals surface area contributed by atoms with Gasteiger partial charge in [-0.15, -0.1) is 0 Å². The number of carbonyl (C=O) groups excluding carboxylic acids is 1. The van der Waals surface area contributed by atoms with Crippen molar-refractivity contribution in [3.05, 3.63) is 0 Å². The number of cyclic esters (lactones) is 1. The van der Waals surface area contributed by atoms with Crippen LogP contribution in [0.5, 0.6) is 0 Å². The number of hydrogen-bond acceptors (Lipinski definition) is 3. The monoisotopic (exact) mass is 214 g/mol. The number of ether oxygens (including phenoxy) is 1. The lowest BCUT2D eigenvalue weighted by atomic mass is 9.83. The Morgan fingerprint density at radius 2 is 2.07 bits per heavy atom. The van der Waals surface area contributed by atoms with Gasteiger partial charge in [-0.2, -0.15) is 0 Å². The number of hydrogen-bond donors (Lipinski definition) is 1. The quantitative estimate of drug-likeness (QED) is 0.731. The van der Waals surface area contributed by atoms with E-state index in [9.17, 15) is 9.90 Å². The molecule has 1 aliphatic rings. The van der Waals surface area contributed by atoms with Crippen molar-refractivity contribution in [2.24, 2.45) is 17.8 Å². The van der Waals surface area contributed by atoms with E-state index in [1.54, 1.807) is 6.92 Å². The van der Waals surface area contributed by atoms with Gasteiger partial charge < -0.3 is 9.84 Å². The Hall–Kier alpha value is -0.570. The second-order valence-corrected chi connectivity index (χ2v) is 4.86. The number of carbonyl (C=O) groups is 1. The van der Waals surface area contributed by atoms with Crippen LogP contribution in [-0.4, -0.2) is 23.3 Å². The number of aliphatic hydroxyl groups is 1. The van der Waals surface area contributed by atoms with Gasteiger partial charge in [-0.1, -0.05) is 27.2 Å². The van der Waals surface area contributed by atoms with E-state index in [1.807, 2.05) is 6.92 Å². The zero-order valence-corrected chi connectivity index (χ0v) is 10.1. The van der Waals surface area contributed by atoms with E-state index < -0.39 is 6.10 Å². The number of esters is 1. The van der Waals surface area contributed by atoms with Crippen LogP contribution in [0.1, 0.15) is 40.5 Å². The van der Waals surface area contributed by atoms with Gasteiger partial charge in [-0.25, -0.2) is 0 Å². The Balaban J connectivity index is 2.62. The summed E-state index contributed by atoms with van der Waals surface area (Å²) in [4.78, 5) is 11.4. The molecule has 1 fully saturated rings. The molecule has 0 aromatic rings. The fourth-order valence-corrected chi connectivity index (χ4v) is 2.00. The van der Waals surface area contributed by atoms with E-state index in [1.165, 1.54) is 0 Å². The minimum absolute atomic E-state index is 0.0479. The molecule has 5 atom stereocenters. The van der Waals surface area contributed by atoms with Gasteiger partial charge in [0.2, 0.25) is 0 Å². The van der Waals surface area contributed by atoms with Crippen molar-refractivity contribution in [2.75, 3.05) is 0 Å². The smallest absolute Gasteiger partial charge is 0.311 e. The summed E-state index contributed by atoms with van der Waals surface area (Å²) < 4.78 is 5.35. The van der Waals surface area contributed by atoms with Crippen molar-refractivity contribution < 1.29 is 14.6 Å². The van der Waals surface area contributed by atoms with E-state index in [-0.39, 0.29) is 23.9 Å². The third kappa shape index (κ3) is 2.71. The molecule has 1 N–H and O–H groups in total. The Kier molecular flexibility index (Phi) is 4.14. The molecule has 1 heterocycles. The van der Waals surface area contributed by atoms with Crippen LogP contribution >= 0.6 is 0 Å². The molecule has 1 aliphatic heterocycles. The van der Waals surface area contributed by atoms with Gasteiger partial charge in [-0.3, -0.25) is 4.79 Å². The summed E-state index contributed by atoms with van der Waals surface area (Å²) in [7, 11) is 0. The Morgan fingerprint density at radius 1 is 1.47 bits per heavy atom. The SMILES string of the molecule is CCC(C)C[C@H]1OC(=O)[C@@H](C)[C@@H](O)[C@H]1C. The zero-order valence-electron chi connectivity index (χ0n) is 10.1. The van der Waals surface area contributed by atoms with Crippen LogP contribution in [-0.2, 0) is 9.53 Å². The van der Waals surface area contributed by atoms with Crippen molar-refractivity contribution in [1.82, 2.24) is 0 Å². The molecule has 3 heteroatoms. The molecule has 0 aromatic carbocycles. The molecular weight excluding hydrogens is 192 g/mol. The Labute approximate surface area is 91.8 Å². The van der Waals surface area contributed by atoms with Crippen LogP contribution < -0.4 is 0 Å². The molecule has 15 heavy (non-hydrogen) atoms. The summed E-state index contributed by atoms with van der Waals surface area (Å²) in [5.74, 6) is -0.0559. The average Bonchev–Trinajstić information content (AvgIpc) is 2.22. The first-order valence-electron chi connectivity index (χ1n) is 5.85. The first-order chi connectivity index (χ1) is 6.97. The fourth-order valence-electron chi connectivity index (χ4n) is 2.00. The van der Waals surface area contributed by atoms with Crippen molar-refractivity contribution in [1.29, 1.82) is 0 Å². The van der Waals surface area contributed by atoms with Crippen LogP contribution in [0.25, 0.3) is 0 Å². The molecule has 0 bridgehead atoms. The molecular formula is C12H22O3. The van der Waals surface area contributed by atoms with Gasteiger partial charge in [0.1, 0.15) is 6.10 Å². The van der Waals surface area contributed by atoms with E-state index in [4.69, 9.17) is 4.74 Å². The summed E-state index contributed by atoms with van der Waals surface area (Å²) in [6.07, 6.45) is 1.26. The van der Waals surface area contributed by atoms with E-state index >= 15 is 0 Å². The number of aliphatic hydroxyl groups excluding tert-OH is 1. The third-order valence-electron chi connectivity index (χ3n) is 3.61. The summed E-state index contributed by atoms with van der Waals surface area (Å²) >= 11 is 0. The molecule has 0 radical (unpaired) electrons. The normalized spacial score (nSPS) is 38.6. The summed E-state index contributed by atoms with van der Waals surface area (Å²) in [6, 6.07) is 0. The highest BCUT2D eigenvalue weighted by Gasteiger charge is 2.40. The largest absolute Gasteiger partial charge is 0.462 e. The highest BCUT2D eigenvalue weighted by molar-refractivity contribution is 5.73. The molecule has 1 rings (SSSR count). The fraction of sp³-hybridized carbons (Fsp3) is 0.917.